The van der Waals surface area contributed by atoms with E-state index in [1.165, 1.54) is 0 Å². The Kier molecular flexibility index (Phi) is 5.02. The Bertz CT molecular complexity index is 364. The number of carbonyl (C=O) groups excluding carboxylic acids is 2. The van der Waals surface area contributed by atoms with E-state index in [1.54, 1.807) is 0 Å². The second-order valence-electron chi connectivity index (χ2n) is 6.08. The van der Waals surface area contributed by atoms with E-state index in [-0.39, 0.29) is 18.2 Å². The molecule has 2 rings (SSSR count). The van der Waals surface area contributed by atoms with E-state index in [4.69, 9.17) is 0 Å². The second kappa shape index (κ2) is 6.57. The number of nitrogens with zero attached hydrogens (tertiary/aromatic N) is 2. The Balaban J connectivity index is 1.86. The Hall–Kier alpha value is -1.10. The van der Waals surface area contributed by atoms with Crippen LogP contribution < -0.4 is 0 Å². The van der Waals surface area contributed by atoms with E-state index in [9.17, 15) is 14.7 Å². The van der Waals surface area contributed by atoms with Gasteiger partial charge in [0.05, 0.1) is 12.0 Å². The lowest BCUT2D eigenvalue weighted by atomic mass is 9.97. The minimum Gasteiger partial charge on any atom is -0.389 e. The highest BCUT2D eigenvalue weighted by molar-refractivity contribution is 5.78. The van der Waals surface area contributed by atoms with Crippen LogP contribution in [0.25, 0.3) is 0 Å². The summed E-state index contributed by atoms with van der Waals surface area (Å²) >= 11 is 0. The minimum atomic E-state index is -0.775. The van der Waals surface area contributed by atoms with Gasteiger partial charge in [-0.15, -0.1) is 0 Å². The molecule has 2 amide bonds. The number of carbonyl (C=O) groups is 2. The van der Waals surface area contributed by atoms with E-state index < -0.39 is 5.60 Å². The molecule has 0 aromatic carbocycles. The molecule has 2 aliphatic rings. The summed E-state index contributed by atoms with van der Waals surface area (Å²) in [6, 6.07) is 0. The van der Waals surface area contributed by atoms with E-state index >= 15 is 0 Å². The molecule has 5 nitrogen and oxygen atoms in total. The summed E-state index contributed by atoms with van der Waals surface area (Å²) in [4.78, 5) is 27.7. The largest absolute Gasteiger partial charge is 0.389 e. The Morgan fingerprint density at radius 2 is 1.50 bits per heavy atom. The van der Waals surface area contributed by atoms with Crippen molar-refractivity contribution in [3.8, 4) is 0 Å². The number of aliphatic hydroxyl groups is 1. The van der Waals surface area contributed by atoms with Crippen molar-refractivity contribution in [1.82, 2.24) is 9.80 Å². The molecule has 1 aliphatic carbocycles. The summed E-state index contributed by atoms with van der Waals surface area (Å²) in [6.07, 6.45) is 5.11. The maximum atomic E-state index is 12.3. The lowest BCUT2D eigenvalue weighted by Crippen LogP contribution is -2.40. The summed E-state index contributed by atoms with van der Waals surface area (Å²) in [7, 11) is 0. The normalized spacial score (nSPS) is 22.7. The monoisotopic (exact) mass is 282 g/mol. The van der Waals surface area contributed by atoms with Gasteiger partial charge in [0.1, 0.15) is 0 Å². The Morgan fingerprint density at radius 1 is 0.950 bits per heavy atom. The summed E-state index contributed by atoms with van der Waals surface area (Å²) in [5, 5.41) is 10.3. The van der Waals surface area contributed by atoms with E-state index in [2.05, 4.69) is 0 Å². The maximum absolute atomic E-state index is 12.3. The van der Waals surface area contributed by atoms with Crippen molar-refractivity contribution in [2.75, 3.05) is 26.2 Å². The molecule has 1 N–H and O–H groups in total. The van der Waals surface area contributed by atoms with Gasteiger partial charge in [-0.2, -0.15) is 0 Å². The van der Waals surface area contributed by atoms with Crippen LogP contribution >= 0.6 is 0 Å². The van der Waals surface area contributed by atoms with E-state index in [1.807, 2.05) is 16.7 Å². The van der Waals surface area contributed by atoms with Crippen LogP contribution in [0.3, 0.4) is 0 Å². The van der Waals surface area contributed by atoms with Crippen LogP contribution in [0, 0.1) is 0 Å². The smallest absolute Gasteiger partial charge is 0.225 e. The molecular formula is C15H26N2O3. The third kappa shape index (κ3) is 3.72. The molecule has 0 atom stereocenters. The fourth-order valence-corrected chi connectivity index (χ4v) is 3.24. The lowest BCUT2D eigenvalue weighted by Gasteiger charge is -2.27. The zero-order valence-corrected chi connectivity index (χ0v) is 12.4. The Morgan fingerprint density at radius 3 is 2.05 bits per heavy atom. The summed E-state index contributed by atoms with van der Waals surface area (Å²) < 4.78 is 0. The van der Waals surface area contributed by atoms with E-state index in [0.29, 0.717) is 26.1 Å². The third-order valence-electron chi connectivity index (χ3n) is 4.52. The van der Waals surface area contributed by atoms with Crippen molar-refractivity contribution >= 4 is 11.8 Å². The first-order valence-electron chi connectivity index (χ1n) is 7.82. The SMILES string of the molecule is CCC(=O)N1CCCN(C(=O)CC2(O)CCCC2)CC1. The topological polar surface area (TPSA) is 60.9 Å². The van der Waals surface area contributed by atoms with Crippen molar-refractivity contribution in [2.24, 2.45) is 0 Å². The van der Waals surface area contributed by atoms with Crippen molar-refractivity contribution in [3.63, 3.8) is 0 Å². The number of amides is 2. The average molecular weight is 282 g/mol. The first kappa shape index (κ1) is 15.3. The van der Waals surface area contributed by atoms with Gasteiger partial charge in [-0.05, 0) is 19.3 Å². The minimum absolute atomic E-state index is 0.0418. The molecule has 0 aromatic rings. The molecule has 1 saturated carbocycles. The van der Waals surface area contributed by atoms with Gasteiger partial charge in [-0.1, -0.05) is 19.8 Å². The highest BCUT2D eigenvalue weighted by Crippen LogP contribution is 2.32. The molecule has 2 fully saturated rings. The van der Waals surface area contributed by atoms with Gasteiger partial charge < -0.3 is 14.9 Å². The summed E-state index contributed by atoms with van der Waals surface area (Å²) in [5.74, 6) is 0.203. The molecular weight excluding hydrogens is 256 g/mol. The lowest BCUT2D eigenvalue weighted by molar-refractivity contribution is -0.137. The molecule has 0 aromatic heterocycles. The molecule has 1 heterocycles. The molecule has 20 heavy (non-hydrogen) atoms. The zero-order chi connectivity index (χ0) is 14.6. The Labute approximate surface area is 120 Å². The molecule has 114 valence electrons. The van der Waals surface area contributed by atoms with E-state index in [0.717, 1.165) is 38.6 Å². The quantitative estimate of drug-likeness (QED) is 0.845. The highest BCUT2D eigenvalue weighted by atomic mass is 16.3. The number of hydrogen-bond donors (Lipinski definition) is 1. The van der Waals surface area contributed by atoms with Gasteiger partial charge in [0, 0.05) is 32.6 Å². The van der Waals surface area contributed by atoms with Crippen molar-refractivity contribution in [2.45, 2.75) is 57.5 Å². The molecule has 5 heteroatoms. The molecule has 0 spiro atoms. The number of hydrogen-bond acceptors (Lipinski definition) is 3. The zero-order valence-electron chi connectivity index (χ0n) is 12.4. The van der Waals surface area contributed by atoms with Crippen molar-refractivity contribution in [1.29, 1.82) is 0 Å². The third-order valence-corrected chi connectivity index (χ3v) is 4.52. The van der Waals surface area contributed by atoms with Gasteiger partial charge in [-0.3, -0.25) is 9.59 Å². The molecule has 0 radical (unpaired) electrons. The second-order valence-corrected chi connectivity index (χ2v) is 6.08. The van der Waals surface area contributed by atoms with Crippen molar-refractivity contribution < 1.29 is 14.7 Å². The highest BCUT2D eigenvalue weighted by Gasteiger charge is 2.35. The van der Waals surface area contributed by atoms with Crippen LogP contribution in [-0.4, -0.2) is 58.5 Å². The predicted octanol–water partition coefficient (Wildman–Crippen LogP) is 1.15. The molecule has 0 bridgehead atoms. The van der Waals surface area contributed by atoms with Crippen LogP contribution in [0.15, 0.2) is 0 Å². The predicted molar refractivity (Wildman–Crippen MR) is 76.1 cm³/mol. The first-order valence-corrected chi connectivity index (χ1v) is 7.82. The standard InChI is InChI=1S/C15H26N2O3/c1-2-13(18)16-8-5-9-17(11-10-16)14(19)12-15(20)6-3-4-7-15/h20H,2-12H2,1H3. The fraction of sp³-hybridized carbons (Fsp3) is 0.867. The first-order chi connectivity index (χ1) is 9.54. The van der Waals surface area contributed by atoms with Crippen LogP contribution in [-0.2, 0) is 9.59 Å². The van der Waals surface area contributed by atoms with Gasteiger partial charge >= 0.3 is 0 Å². The van der Waals surface area contributed by atoms with Crippen LogP contribution in [0.1, 0.15) is 51.9 Å². The fourth-order valence-electron chi connectivity index (χ4n) is 3.24. The van der Waals surface area contributed by atoms with Gasteiger partial charge in [-0.25, -0.2) is 0 Å². The van der Waals surface area contributed by atoms with Crippen LogP contribution in [0.2, 0.25) is 0 Å². The molecule has 1 saturated heterocycles. The molecule has 0 unspecified atom stereocenters. The average Bonchev–Trinajstić information content (AvgIpc) is 2.71. The molecule has 1 aliphatic heterocycles. The number of rotatable bonds is 3. The van der Waals surface area contributed by atoms with Crippen LogP contribution in [0.4, 0.5) is 0 Å². The maximum Gasteiger partial charge on any atom is 0.225 e. The van der Waals surface area contributed by atoms with Gasteiger partial charge in [0.15, 0.2) is 0 Å². The van der Waals surface area contributed by atoms with Gasteiger partial charge in [0.2, 0.25) is 11.8 Å². The van der Waals surface area contributed by atoms with Crippen molar-refractivity contribution in [3.05, 3.63) is 0 Å². The summed E-state index contributed by atoms with van der Waals surface area (Å²) in [5.41, 5.74) is -0.775. The van der Waals surface area contributed by atoms with Gasteiger partial charge in [0.25, 0.3) is 0 Å². The summed E-state index contributed by atoms with van der Waals surface area (Å²) in [6.45, 7) is 4.52. The van der Waals surface area contributed by atoms with Crippen LogP contribution in [0.5, 0.6) is 0 Å².